The van der Waals surface area contributed by atoms with E-state index in [1.807, 2.05) is 0 Å². The number of anilines is 2. The predicted octanol–water partition coefficient (Wildman–Crippen LogP) is 3.85. The summed E-state index contributed by atoms with van der Waals surface area (Å²) in [7, 11) is 2.94. The van der Waals surface area contributed by atoms with Gasteiger partial charge in [-0.25, -0.2) is 0 Å². The van der Waals surface area contributed by atoms with E-state index in [-0.39, 0.29) is 16.0 Å². The van der Waals surface area contributed by atoms with Crippen LogP contribution in [0.15, 0.2) is 30.3 Å². The molecule has 3 N–H and O–H groups in total. The van der Waals surface area contributed by atoms with Gasteiger partial charge in [0.25, 0.3) is 5.91 Å². The Hall–Kier alpha value is -2.11. The Morgan fingerprint density at radius 3 is 2.27 bits per heavy atom. The van der Waals surface area contributed by atoms with Gasteiger partial charge in [0, 0.05) is 17.3 Å². The standard InChI is InChI=1S/C15H14Cl2N2O3/c1-21-13-7-9(18)3-4-12(13)19-15(20)8-5-10(16)14(22-2)11(17)6-8/h3-7H,18H2,1-2H3,(H,19,20). The normalized spacial score (nSPS) is 10.2. The maximum absolute atomic E-state index is 12.3. The van der Waals surface area contributed by atoms with Crippen LogP contribution in [0.3, 0.4) is 0 Å². The number of carbonyl (C=O) groups excluding carboxylic acids is 1. The number of carbonyl (C=O) groups is 1. The van der Waals surface area contributed by atoms with Crippen molar-refractivity contribution in [1.82, 2.24) is 0 Å². The largest absolute Gasteiger partial charge is 0.494 e. The number of ether oxygens (including phenoxy) is 2. The molecule has 2 aromatic carbocycles. The van der Waals surface area contributed by atoms with E-state index >= 15 is 0 Å². The molecule has 0 fully saturated rings. The van der Waals surface area contributed by atoms with E-state index in [0.29, 0.717) is 28.4 Å². The fraction of sp³-hybridized carbons (Fsp3) is 0.133. The van der Waals surface area contributed by atoms with Gasteiger partial charge in [0.1, 0.15) is 5.75 Å². The molecule has 0 heterocycles. The Morgan fingerprint density at radius 1 is 1.09 bits per heavy atom. The summed E-state index contributed by atoms with van der Waals surface area (Å²) in [4.78, 5) is 12.3. The van der Waals surface area contributed by atoms with Crippen molar-refractivity contribution in [2.75, 3.05) is 25.3 Å². The molecule has 0 aliphatic rings. The summed E-state index contributed by atoms with van der Waals surface area (Å²) in [5.74, 6) is 0.401. The number of nitrogen functional groups attached to an aromatic ring is 1. The van der Waals surface area contributed by atoms with E-state index in [0.717, 1.165) is 0 Å². The zero-order valence-electron chi connectivity index (χ0n) is 11.9. The molecule has 0 aromatic heterocycles. The van der Waals surface area contributed by atoms with Crippen LogP contribution in [0.5, 0.6) is 11.5 Å². The third kappa shape index (κ3) is 3.37. The molecule has 2 rings (SSSR count). The molecule has 0 radical (unpaired) electrons. The van der Waals surface area contributed by atoms with Gasteiger partial charge in [-0.15, -0.1) is 0 Å². The van der Waals surface area contributed by atoms with Crippen molar-refractivity contribution in [3.8, 4) is 11.5 Å². The number of hydrogen-bond acceptors (Lipinski definition) is 4. The summed E-state index contributed by atoms with van der Waals surface area (Å²) >= 11 is 12.1. The van der Waals surface area contributed by atoms with E-state index in [2.05, 4.69) is 5.32 Å². The summed E-state index contributed by atoms with van der Waals surface area (Å²) in [5.41, 5.74) is 7.00. The number of amides is 1. The highest BCUT2D eigenvalue weighted by atomic mass is 35.5. The van der Waals surface area contributed by atoms with Crippen molar-refractivity contribution in [3.63, 3.8) is 0 Å². The van der Waals surface area contributed by atoms with E-state index in [1.165, 1.54) is 26.4 Å². The molecule has 1 amide bonds. The molecule has 22 heavy (non-hydrogen) atoms. The predicted molar refractivity (Wildman–Crippen MR) is 88.4 cm³/mol. The molecule has 0 bridgehead atoms. The molecule has 0 unspecified atom stereocenters. The first-order valence-corrected chi connectivity index (χ1v) is 6.99. The number of halogens is 2. The second-order valence-electron chi connectivity index (χ2n) is 4.39. The number of rotatable bonds is 4. The zero-order valence-corrected chi connectivity index (χ0v) is 13.5. The molecule has 0 saturated heterocycles. The third-order valence-electron chi connectivity index (χ3n) is 2.94. The van der Waals surface area contributed by atoms with Crippen LogP contribution >= 0.6 is 23.2 Å². The average molecular weight is 341 g/mol. The van der Waals surface area contributed by atoms with Crippen LogP contribution in [-0.4, -0.2) is 20.1 Å². The summed E-state index contributed by atoms with van der Waals surface area (Å²) in [6, 6.07) is 7.88. The van der Waals surface area contributed by atoms with Gasteiger partial charge >= 0.3 is 0 Å². The van der Waals surface area contributed by atoms with Crippen LogP contribution in [0.25, 0.3) is 0 Å². The van der Waals surface area contributed by atoms with Crippen LogP contribution < -0.4 is 20.5 Å². The molecular weight excluding hydrogens is 327 g/mol. The first-order valence-electron chi connectivity index (χ1n) is 6.24. The van der Waals surface area contributed by atoms with E-state index in [1.54, 1.807) is 18.2 Å². The fourth-order valence-corrected chi connectivity index (χ4v) is 2.53. The highest BCUT2D eigenvalue weighted by molar-refractivity contribution is 6.37. The first-order chi connectivity index (χ1) is 10.5. The first kappa shape index (κ1) is 16.3. The maximum Gasteiger partial charge on any atom is 0.255 e. The molecule has 0 spiro atoms. The van der Waals surface area contributed by atoms with Crippen molar-refractivity contribution in [2.45, 2.75) is 0 Å². The van der Waals surface area contributed by atoms with Gasteiger partial charge in [-0.2, -0.15) is 0 Å². The Bertz CT molecular complexity index is 697. The smallest absolute Gasteiger partial charge is 0.255 e. The molecule has 0 saturated carbocycles. The highest BCUT2D eigenvalue weighted by Gasteiger charge is 2.15. The third-order valence-corrected chi connectivity index (χ3v) is 3.50. The number of benzene rings is 2. The Balaban J connectivity index is 2.30. The number of methoxy groups -OCH3 is 2. The quantitative estimate of drug-likeness (QED) is 0.829. The molecule has 5 nitrogen and oxygen atoms in total. The SMILES string of the molecule is COc1cc(N)ccc1NC(=O)c1cc(Cl)c(OC)c(Cl)c1. The van der Waals surface area contributed by atoms with Crippen LogP contribution in [0.1, 0.15) is 10.4 Å². The second-order valence-corrected chi connectivity index (χ2v) is 5.20. The van der Waals surface area contributed by atoms with Crippen molar-refractivity contribution in [2.24, 2.45) is 0 Å². The Kier molecular flexibility index (Phi) is 5.00. The lowest BCUT2D eigenvalue weighted by Crippen LogP contribution is -2.13. The van der Waals surface area contributed by atoms with Crippen molar-refractivity contribution in [1.29, 1.82) is 0 Å². The summed E-state index contributed by atoms with van der Waals surface area (Å²) in [6.07, 6.45) is 0. The fourth-order valence-electron chi connectivity index (χ4n) is 1.89. The van der Waals surface area contributed by atoms with Crippen LogP contribution in [0.4, 0.5) is 11.4 Å². The lowest BCUT2D eigenvalue weighted by molar-refractivity contribution is 0.102. The molecule has 2 aromatic rings. The average Bonchev–Trinajstić information content (AvgIpc) is 2.48. The van der Waals surface area contributed by atoms with Gasteiger partial charge in [-0.05, 0) is 24.3 Å². The minimum atomic E-state index is -0.380. The van der Waals surface area contributed by atoms with Crippen LogP contribution in [0, 0.1) is 0 Å². The summed E-state index contributed by atoms with van der Waals surface area (Å²) in [5, 5.41) is 3.23. The van der Waals surface area contributed by atoms with Crippen LogP contribution in [-0.2, 0) is 0 Å². The monoisotopic (exact) mass is 340 g/mol. The van der Waals surface area contributed by atoms with Gasteiger partial charge < -0.3 is 20.5 Å². The molecule has 116 valence electrons. The Morgan fingerprint density at radius 2 is 1.73 bits per heavy atom. The van der Waals surface area contributed by atoms with Gasteiger partial charge in [-0.1, -0.05) is 23.2 Å². The highest BCUT2D eigenvalue weighted by Crippen LogP contribution is 2.34. The summed E-state index contributed by atoms with van der Waals surface area (Å²) < 4.78 is 10.2. The second kappa shape index (κ2) is 6.77. The molecule has 0 aliphatic carbocycles. The number of hydrogen-bond donors (Lipinski definition) is 2. The minimum absolute atomic E-state index is 0.254. The van der Waals surface area contributed by atoms with Gasteiger partial charge in [0.2, 0.25) is 0 Å². The maximum atomic E-state index is 12.3. The van der Waals surface area contributed by atoms with Gasteiger partial charge in [0.15, 0.2) is 5.75 Å². The lowest BCUT2D eigenvalue weighted by atomic mass is 10.2. The topological polar surface area (TPSA) is 73.6 Å². The minimum Gasteiger partial charge on any atom is -0.494 e. The lowest BCUT2D eigenvalue weighted by Gasteiger charge is -2.12. The summed E-state index contributed by atoms with van der Waals surface area (Å²) in [6.45, 7) is 0. The van der Waals surface area contributed by atoms with Crippen LogP contribution in [0.2, 0.25) is 10.0 Å². The van der Waals surface area contributed by atoms with Crippen molar-refractivity contribution < 1.29 is 14.3 Å². The van der Waals surface area contributed by atoms with Gasteiger partial charge in [-0.3, -0.25) is 4.79 Å². The molecule has 0 aliphatic heterocycles. The molecule has 7 heteroatoms. The zero-order chi connectivity index (χ0) is 16.3. The molecular formula is C15H14Cl2N2O3. The van der Waals surface area contributed by atoms with Crippen molar-refractivity contribution in [3.05, 3.63) is 45.9 Å². The Labute approximate surface area is 137 Å². The molecule has 0 atom stereocenters. The van der Waals surface area contributed by atoms with Crippen molar-refractivity contribution >= 4 is 40.5 Å². The van der Waals surface area contributed by atoms with E-state index in [9.17, 15) is 4.79 Å². The van der Waals surface area contributed by atoms with E-state index < -0.39 is 0 Å². The number of nitrogens with one attached hydrogen (secondary N) is 1. The van der Waals surface area contributed by atoms with E-state index in [4.69, 9.17) is 38.4 Å². The number of nitrogens with two attached hydrogens (primary N) is 1. The van der Waals surface area contributed by atoms with Gasteiger partial charge in [0.05, 0.1) is 30.0 Å².